The van der Waals surface area contributed by atoms with E-state index in [0.717, 1.165) is 30.8 Å². The quantitative estimate of drug-likeness (QED) is 0.665. The van der Waals surface area contributed by atoms with Crippen LogP contribution in [0.25, 0.3) is 0 Å². The minimum absolute atomic E-state index is 0.555. The lowest BCUT2D eigenvalue weighted by Crippen LogP contribution is -2.36. The normalized spacial score (nSPS) is 17.1. The second-order valence-electron chi connectivity index (χ2n) is 3.90. The highest BCUT2D eigenvalue weighted by Crippen LogP contribution is 2.23. The summed E-state index contributed by atoms with van der Waals surface area (Å²) in [6.07, 6.45) is 2.53. The topological polar surface area (TPSA) is 29.0 Å². The van der Waals surface area contributed by atoms with E-state index in [0.29, 0.717) is 11.2 Å². The lowest BCUT2D eigenvalue weighted by molar-refractivity contribution is 0.201. The maximum atomic E-state index is 6.03. The molecule has 0 saturated heterocycles. The molecule has 0 saturated carbocycles. The van der Waals surface area contributed by atoms with E-state index in [-0.39, 0.29) is 0 Å². The molecular weight excluding hydrogens is 198 g/mol. The summed E-state index contributed by atoms with van der Waals surface area (Å²) in [6, 6.07) is 0.555. The fourth-order valence-electron chi connectivity index (χ4n) is 1.77. The largest absolute Gasteiger partial charge is 0.296 e. The maximum Gasteiger partial charge on any atom is 0.137 e. The van der Waals surface area contributed by atoms with Crippen LogP contribution in [0.15, 0.2) is 6.33 Å². The molecule has 0 N–H and O–H groups in total. The van der Waals surface area contributed by atoms with E-state index in [4.69, 9.17) is 11.6 Å². The highest BCUT2D eigenvalue weighted by atomic mass is 35.5. The standard InChI is InChI=1S/C10H14ClN3/c1-7(2)14-4-3-9-8(5-14)10(11)13-6-12-9/h6-7H,3-5H2,1-2H3. The van der Waals surface area contributed by atoms with Gasteiger partial charge in [-0.25, -0.2) is 9.97 Å². The zero-order chi connectivity index (χ0) is 10.1. The van der Waals surface area contributed by atoms with Gasteiger partial charge in [-0.3, -0.25) is 4.90 Å². The molecule has 14 heavy (non-hydrogen) atoms. The number of hydrogen-bond acceptors (Lipinski definition) is 3. The van der Waals surface area contributed by atoms with Gasteiger partial charge >= 0.3 is 0 Å². The lowest BCUT2D eigenvalue weighted by atomic mass is 10.1. The highest BCUT2D eigenvalue weighted by Gasteiger charge is 2.21. The van der Waals surface area contributed by atoms with Crippen LogP contribution in [0, 0.1) is 0 Å². The first-order chi connectivity index (χ1) is 6.68. The summed E-state index contributed by atoms with van der Waals surface area (Å²) >= 11 is 6.03. The van der Waals surface area contributed by atoms with Gasteiger partial charge in [0.2, 0.25) is 0 Å². The average Bonchev–Trinajstić information content (AvgIpc) is 2.18. The molecule has 1 aliphatic heterocycles. The van der Waals surface area contributed by atoms with Gasteiger partial charge < -0.3 is 0 Å². The fourth-order valence-corrected chi connectivity index (χ4v) is 1.98. The molecule has 0 aliphatic carbocycles. The van der Waals surface area contributed by atoms with E-state index in [9.17, 15) is 0 Å². The first kappa shape index (κ1) is 9.87. The van der Waals surface area contributed by atoms with E-state index in [1.165, 1.54) is 0 Å². The Morgan fingerprint density at radius 3 is 2.93 bits per heavy atom. The first-order valence-corrected chi connectivity index (χ1v) is 5.28. The van der Waals surface area contributed by atoms with Gasteiger partial charge in [-0.05, 0) is 13.8 Å². The Bertz CT molecular complexity index is 338. The molecule has 0 fully saturated rings. The maximum absolute atomic E-state index is 6.03. The predicted molar refractivity (Wildman–Crippen MR) is 56.3 cm³/mol. The molecule has 76 valence electrons. The summed E-state index contributed by atoms with van der Waals surface area (Å²) in [4.78, 5) is 10.7. The van der Waals surface area contributed by atoms with Gasteiger partial charge in [0.1, 0.15) is 11.5 Å². The van der Waals surface area contributed by atoms with Gasteiger partial charge in [0, 0.05) is 31.1 Å². The molecule has 0 radical (unpaired) electrons. The second kappa shape index (κ2) is 3.83. The fraction of sp³-hybridized carbons (Fsp3) is 0.600. The van der Waals surface area contributed by atoms with Crippen LogP contribution in [-0.2, 0) is 13.0 Å². The van der Waals surface area contributed by atoms with Crippen molar-refractivity contribution < 1.29 is 0 Å². The summed E-state index contributed by atoms with van der Waals surface area (Å²) in [7, 11) is 0. The van der Waals surface area contributed by atoms with Gasteiger partial charge in [-0.1, -0.05) is 11.6 Å². The third-order valence-corrected chi connectivity index (χ3v) is 3.04. The molecule has 2 heterocycles. The summed E-state index contributed by atoms with van der Waals surface area (Å²) in [6.45, 7) is 6.34. The van der Waals surface area contributed by atoms with E-state index >= 15 is 0 Å². The van der Waals surface area contributed by atoms with Gasteiger partial charge in [-0.2, -0.15) is 0 Å². The third kappa shape index (κ3) is 1.74. The van der Waals surface area contributed by atoms with Crippen molar-refractivity contribution in [3.05, 3.63) is 22.7 Å². The molecule has 3 nitrogen and oxygen atoms in total. The predicted octanol–water partition coefficient (Wildman–Crippen LogP) is 1.90. The summed E-state index contributed by atoms with van der Waals surface area (Å²) < 4.78 is 0. The second-order valence-corrected chi connectivity index (χ2v) is 4.26. The highest BCUT2D eigenvalue weighted by molar-refractivity contribution is 6.30. The van der Waals surface area contributed by atoms with E-state index in [2.05, 4.69) is 28.7 Å². The van der Waals surface area contributed by atoms with Crippen molar-refractivity contribution >= 4 is 11.6 Å². The smallest absolute Gasteiger partial charge is 0.137 e. The number of hydrogen-bond donors (Lipinski definition) is 0. The van der Waals surface area contributed by atoms with Crippen LogP contribution in [-0.4, -0.2) is 27.5 Å². The summed E-state index contributed by atoms with van der Waals surface area (Å²) in [5.74, 6) is 0. The van der Waals surface area contributed by atoms with Crippen molar-refractivity contribution in [3.63, 3.8) is 0 Å². The Morgan fingerprint density at radius 2 is 2.21 bits per heavy atom. The van der Waals surface area contributed by atoms with Crippen molar-refractivity contribution in [2.75, 3.05) is 6.54 Å². The van der Waals surface area contributed by atoms with Crippen molar-refractivity contribution in [2.24, 2.45) is 0 Å². The minimum atomic E-state index is 0.555. The Hall–Kier alpha value is -0.670. The Morgan fingerprint density at radius 1 is 1.43 bits per heavy atom. The summed E-state index contributed by atoms with van der Waals surface area (Å²) in [5, 5.41) is 0.611. The molecule has 4 heteroatoms. The molecule has 0 unspecified atom stereocenters. The zero-order valence-corrected chi connectivity index (χ0v) is 9.25. The molecule has 0 aromatic carbocycles. The van der Waals surface area contributed by atoms with Crippen molar-refractivity contribution in [3.8, 4) is 0 Å². The zero-order valence-electron chi connectivity index (χ0n) is 8.50. The molecular formula is C10H14ClN3. The first-order valence-electron chi connectivity index (χ1n) is 4.91. The van der Waals surface area contributed by atoms with Crippen molar-refractivity contribution in [2.45, 2.75) is 32.9 Å². The van der Waals surface area contributed by atoms with E-state index < -0.39 is 0 Å². The third-order valence-electron chi connectivity index (χ3n) is 2.71. The lowest BCUT2D eigenvalue weighted by Gasteiger charge is -2.31. The number of rotatable bonds is 1. The van der Waals surface area contributed by atoms with Crippen LogP contribution < -0.4 is 0 Å². The Labute approximate surface area is 89.1 Å². The molecule has 0 bridgehead atoms. The molecule has 0 amide bonds. The average molecular weight is 212 g/mol. The summed E-state index contributed by atoms with van der Waals surface area (Å²) in [5.41, 5.74) is 2.22. The minimum Gasteiger partial charge on any atom is -0.296 e. The Kier molecular flexibility index (Phi) is 2.70. The molecule has 0 spiro atoms. The van der Waals surface area contributed by atoms with Crippen molar-refractivity contribution in [1.82, 2.24) is 14.9 Å². The van der Waals surface area contributed by atoms with E-state index in [1.54, 1.807) is 6.33 Å². The molecule has 1 aromatic heterocycles. The molecule has 1 aliphatic rings. The number of fused-ring (bicyclic) bond motifs is 1. The SMILES string of the molecule is CC(C)N1CCc2ncnc(Cl)c2C1. The van der Waals surface area contributed by atoms with Crippen LogP contribution >= 0.6 is 11.6 Å². The van der Waals surface area contributed by atoms with Gasteiger partial charge in [0.15, 0.2) is 0 Å². The van der Waals surface area contributed by atoms with E-state index in [1.807, 2.05) is 0 Å². The van der Waals surface area contributed by atoms with Crippen LogP contribution in [0.5, 0.6) is 0 Å². The number of halogens is 1. The number of nitrogens with zero attached hydrogens (tertiary/aromatic N) is 3. The monoisotopic (exact) mass is 211 g/mol. The van der Waals surface area contributed by atoms with Crippen molar-refractivity contribution in [1.29, 1.82) is 0 Å². The molecule has 0 atom stereocenters. The van der Waals surface area contributed by atoms with Gasteiger partial charge in [-0.15, -0.1) is 0 Å². The van der Waals surface area contributed by atoms with Crippen LogP contribution in [0.2, 0.25) is 5.15 Å². The molecule has 1 aromatic rings. The van der Waals surface area contributed by atoms with Crippen LogP contribution in [0.1, 0.15) is 25.1 Å². The van der Waals surface area contributed by atoms with Gasteiger partial charge in [0.05, 0.1) is 5.69 Å². The number of aromatic nitrogens is 2. The van der Waals surface area contributed by atoms with Crippen LogP contribution in [0.3, 0.4) is 0 Å². The van der Waals surface area contributed by atoms with Crippen LogP contribution in [0.4, 0.5) is 0 Å². The molecule has 2 rings (SSSR count). The van der Waals surface area contributed by atoms with Gasteiger partial charge in [0.25, 0.3) is 0 Å². The Balaban J connectivity index is 2.29.